The molecule has 0 bridgehead atoms. The number of nitrogens with zero attached hydrogens (tertiary/aromatic N) is 1. The number of pyridine rings is 1. The standard InChI is InChI=1S/C11H15NO2/c1-8-4-10(6-13)12-5-11(8)14-7-9-2-3-9/h4-5,9,13H,2-3,6-7H2,1H3. The summed E-state index contributed by atoms with van der Waals surface area (Å²) in [5.74, 6) is 1.60. The van der Waals surface area contributed by atoms with Crippen molar-refractivity contribution in [1.29, 1.82) is 0 Å². The van der Waals surface area contributed by atoms with E-state index in [2.05, 4.69) is 4.98 Å². The first-order valence-electron chi connectivity index (χ1n) is 4.99. The summed E-state index contributed by atoms with van der Waals surface area (Å²) < 4.78 is 5.62. The Bertz CT molecular complexity index is 321. The van der Waals surface area contributed by atoms with Gasteiger partial charge >= 0.3 is 0 Å². The summed E-state index contributed by atoms with van der Waals surface area (Å²) in [6.07, 6.45) is 4.28. The van der Waals surface area contributed by atoms with Crippen LogP contribution in [-0.2, 0) is 6.61 Å². The van der Waals surface area contributed by atoms with Crippen LogP contribution in [0.1, 0.15) is 24.1 Å². The van der Waals surface area contributed by atoms with E-state index < -0.39 is 0 Å². The van der Waals surface area contributed by atoms with Gasteiger partial charge in [-0.15, -0.1) is 0 Å². The van der Waals surface area contributed by atoms with Gasteiger partial charge in [0.1, 0.15) is 5.75 Å². The maximum atomic E-state index is 8.88. The fourth-order valence-corrected chi connectivity index (χ4v) is 1.33. The largest absolute Gasteiger partial charge is 0.491 e. The smallest absolute Gasteiger partial charge is 0.140 e. The van der Waals surface area contributed by atoms with Crippen LogP contribution in [0.25, 0.3) is 0 Å². The van der Waals surface area contributed by atoms with E-state index in [9.17, 15) is 0 Å². The van der Waals surface area contributed by atoms with Gasteiger partial charge in [-0.2, -0.15) is 0 Å². The quantitative estimate of drug-likeness (QED) is 0.791. The first-order chi connectivity index (χ1) is 6.79. The van der Waals surface area contributed by atoms with Crippen molar-refractivity contribution in [1.82, 2.24) is 4.98 Å². The molecule has 0 atom stereocenters. The van der Waals surface area contributed by atoms with Gasteiger partial charge in [0, 0.05) is 0 Å². The first-order valence-corrected chi connectivity index (χ1v) is 4.99. The summed E-state index contributed by atoms with van der Waals surface area (Å²) in [6, 6.07) is 1.86. The lowest BCUT2D eigenvalue weighted by Gasteiger charge is -2.08. The highest BCUT2D eigenvalue weighted by molar-refractivity contribution is 5.30. The molecular formula is C11H15NO2. The summed E-state index contributed by atoms with van der Waals surface area (Å²) >= 11 is 0. The third kappa shape index (κ3) is 2.23. The topological polar surface area (TPSA) is 42.4 Å². The van der Waals surface area contributed by atoms with Gasteiger partial charge in [0.25, 0.3) is 0 Å². The highest BCUT2D eigenvalue weighted by Gasteiger charge is 2.22. The fourth-order valence-electron chi connectivity index (χ4n) is 1.33. The Hall–Kier alpha value is -1.09. The number of aliphatic hydroxyl groups is 1. The molecule has 0 radical (unpaired) electrons. The number of aromatic nitrogens is 1. The number of hydrogen-bond acceptors (Lipinski definition) is 3. The van der Waals surface area contributed by atoms with Crippen LogP contribution in [0.2, 0.25) is 0 Å². The zero-order chi connectivity index (χ0) is 9.97. The average Bonchev–Trinajstić information content (AvgIpc) is 2.99. The van der Waals surface area contributed by atoms with Crippen LogP contribution in [0.15, 0.2) is 12.3 Å². The highest BCUT2D eigenvalue weighted by Crippen LogP contribution is 2.30. The van der Waals surface area contributed by atoms with Gasteiger partial charge in [-0.25, -0.2) is 0 Å². The lowest BCUT2D eigenvalue weighted by molar-refractivity contribution is 0.274. The second-order valence-electron chi connectivity index (χ2n) is 3.85. The second kappa shape index (κ2) is 3.96. The van der Waals surface area contributed by atoms with E-state index in [1.54, 1.807) is 6.20 Å². The number of aryl methyl sites for hydroxylation is 1. The normalized spacial score (nSPS) is 15.6. The molecule has 1 aromatic rings. The van der Waals surface area contributed by atoms with Crippen LogP contribution >= 0.6 is 0 Å². The Morgan fingerprint density at radius 1 is 1.57 bits per heavy atom. The molecule has 1 N–H and O–H groups in total. The second-order valence-corrected chi connectivity index (χ2v) is 3.85. The van der Waals surface area contributed by atoms with Gasteiger partial charge in [0.05, 0.1) is 25.1 Å². The molecular weight excluding hydrogens is 178 g/mol. The predicted octanol–water partition coefficient (Wildman–Crippen LogP) is 1.67. The average molecular weight is 193 g/mol. The van der Waals surface area contributed by atoms with E-state index in [1.165, 1.54) is 12.8 Å². The Balaban J connectivity index is 2.01. The number of rotatable bonds is 4. The van der Waals surface area contributed by atoms with E-state index in [4.69, 9.17) is 9.84 Å². The number of ether oxygens (including phenoxy) is 1. The van der Waals surface area contributed by atoms with Crippen LogP contribution in [0.4, 0.5) is 0 Å². The fraction of sp³-hybridized carbons (Fsp3) is 0.545. The molecule has 0 saturated heterocycles. The molecule has 1 aliphatic carbocycles. The summed E-state index contributed by atoms with van der Waals surface area (Å²) in [5.41, 5.74) is 1.74. The molecule has 14 heavy (non-hydrogen) atoms. The SMILES string of the molecule is Cc1cc(CO)ncc1OCC1CC1. The summed E-state index contributed by atoms with van der Waals surface area (Å²) in [4.78, 5) is 4.08. The van der Waals surface area contributed by atoms with Crippen molar-refractivity contribution < 1.29 is 9.84 Å². The van der Waals surface area contributed by atoms with Crippen molar-refractivity contribution in [2.24, 2.45) is 5.92 Å². The zero-order valence-corrected chi connectivity index (χ0v) is 8.36. The molecule has 0 spiro atoms. The van der Waals surface area contributed by atoms with E-state index in [-0.39, 0.29) is 6.61 Å². The minimum atomic E-state index is -0.0102. The van der Waals surface area contributed by atoms with Crippen molar-refractivity contribution in [3.05, 3.63) is 23.5 Å². The van der Waals surface area contributed by atoms with Gasteiger partial charge in [0.15, 0.2) is 0 Å². The molecule has 2 rings (SSSR count). The van der Waals surface area contributed by atoms with Crippen molar-refractivity contribution in [3.63, 3.8) is 0 Å². The van der Waals surface area contributed by atoms with Crippen molar-refractivity contribution in [3.8, 4) is 5.75 Å². The minimum absolute atomic E-state index is 0.0102. The van der Waals surface area contributed by atoms with E-state index in [0.29, 0.717) is 5.69 Å². The minimum Gasteiger partial charge on any atom is -0.491 e. The van der Waals surface area contributed by atoms with Crippen molar-refractivity contribution in [2.75, 3.05) is 6.61 Å². The van der Waals surface area contributed by atoms with Crippen LogP contribution in [0.5, 0.6) is 5.75 Å². The molecule has 1 heterocycles. The van der Waals surface area contributed by atoms with Crippen LogP contribution in [0, 0.1) is 12.8 Å². The zero-order valence-electron chi connectivity index (χ0n) is 8.36. The molecule has 0 aromatic carbocycles. The summed E-state index contributed by atoms with van der Waals surface area (Å²) in [6.45, 7) is 2.77. The maximum Gasteiger partial charge on any atom is 0.140 e. The molecule has 76 valence electrons. The van der Waals surface area contributed by atoms with E-state index in [0.717, 1.165) is 23.8 Å². The lowest BCUT2D eigenvalue weighted by atomic mass is 10.2. The van der Waals surface area contributed by atoms with Gasteiger partial charge in [-0.05, 0) is 37.3 Å². The van der Waals surface area contributed by atoms with Crippen LogP contribution < -0.4 is 4.74 Å². The van der Waals surface area contributed by atoms with Crippen molar-refractivity contribution in [2.45, 2.75) is 26.4 Å². The maximum absolute atomic E-state index is 8.88. The monoisotopic (exact) mass is 193 g/mol. The highest BCUT2D eigenvalue weighted by atomic mass is 16.5. The lowest BCUT2D eigenvalue weighted by Crippen LogP contribution is -2.02. The Morgan fingerprint density at radius 3 is 2.93 bits per heavy atom. The molecule has 1 fully saturated rings. The van der Waals surface area contributed by atoms with Gasteiger partial charge in [-0.1, -0.05) is 0 Å². The van der Waals surface area contributed by atoms with E-state index in [1.807, 2.05) is 13.0 Å². The molecule has 3 nitrogen and oxygen atoms in total. The first kappa shape index (κ1) is 9.46. The van der Waals surface area contributed by atoms with Crippen molar-refractivity contribution >= 4 is 0 Å². The molecule has 0 amide bonds. The van der Waals surface area contributed by atoms with Gasteiger partial charge < -0.3 is 9.84 Å². The molecule has 1 saturated carbocycles. The van der Waals surface area contributed by atoms with Crippen LogP contribution in [-0.4, -0.2) is 16.7 Å². The molecule has 1 aromatic heterocycles. The summed E-state index contributed by atoms with van der Waals surface area (Å²) in [7, 11) is 0. The van der Waals surface area contributed by atoms with Gasteiger partial charge in [0.2, 0.25) is 0 Å². The molecule has 1 aliphatic rings. The van der Waals surface area contributed by atoms with Crippen LogP contribution in [0.3, 0.4) is 0 Å². The predicted molar refractivity (Wildman–Crippen MR) is 53.1 cm³/mol. The Morgan fingerprint density at radius 2 is 2.36 bits per heavy atom. The molecule has 0 aliphatic heterocycles. The third-order valence-corrected chi connectivity index (χ3v) is 2.45. The van der Waals surface area contributed by atoms with E-state index >= 15 is 0 Å². The molecule has 3 heteroatoms. The summed E-state index contributed by atoms with van der Waals surface area (Å²) in [5, 5.41) is 8.88. The Labute approximate surface area is 83.7 Å². The van der Waals surface area contributed by atoms with Gasteiger partial charge in [-0.3, -0.25) is 4.98 Å². The number of aliphatic hydroxyl groups excluding tert-OH is 1. The molecule has 0 unspecified atom stereocenters. The Kier molecular flexibility index (Phi) is 2.68. The third-order valence-electron chi connectivity index (χ3n) is 2.45. The number of hydrogen-bond donors (Lipinski definition) is 1.